The van der Waals surface area contributed by atoms with Gasteiger partial charge in [0.25, 0.3) is 0 Å². The fraction of sp³-hybridized carbons (Fsp3) is 0.154. The van der Waals surface area contributed by atoms with E-state index in [0.717, 1.165) is 17.8 Å². The molecule has 0 fully saturated rings. The van der Waals surface area contributed by atoms with Crippen molar-refractivity contribution in [2.45, 2.75) is 13.3 Å². The summed E-state index contributed by atoms with van der Waals surface area (Å²) in [5.74, 6) is 0. The minimum absolute atomic E-state index is 0.929. The molecular formula is C13H12N2. The minimum atomic E-state index is 0.929. The van der Waals surface area contributed by atoms with Crippen LogP contribution in [0.4, 0.5) is 11.4 Å². The second-order valence-corrected chi connectivity index (χ2v) is 3.97. The van der Waals surface area contributed by atoms with Crippen molar-refractivity contribution in [3.63, 3.8) is 0 Å². The largest absolute Gasteiger partial charge is 0.354 e. The first-order valence-corrected chi connectivity index (χ1v) is 5.13. The van der Waals surface area contributed by atoms with E-state index in [1.165, 1.54) is 16.8 Å². The molecule has 0 amide bonds. The van der Waals surface area contributed by atoms with Crippen molar-refractivity contribution in [1.29, 1.82) is 0 Å². The van der Waals surface area contributed by atoms with Crippen LogP contribution >= 0.6 is 0 Å². The lowest BCUT2D eigenvalue weighted by molar-refractivity contribution is 1.04. The highest BCUT2D eigenvalue weighted by molar-refractivity contribution is 5.70. The molecule has 1 aromatic heterocycles. The molecular weight excluding hydrogens is 184 g/mol. The highest BCUT2D eigenvalue weighted by Gasteiger charge is 2.14. The number of para-hydroxylation sites is 1. The van der Waals surface area contributed by atoms with Crippen LogP contribution in [0.2, 0.25) is 0 Å². The van der Waals surface area contributed by atoms with Crippen molar-refractivity contribution < 1.29 is 0 Å². The molecule has 0 radical (unpaired) electrons. The van der Waals surface area contributed by atoms with E-state index in [1.807, 2.05) is 6.20 Å². The van der Waals surface area contributed by atoms with E-state index in [1.54, 1.807) is 0 Å². The van der Waals surface area contributed by atoms with E-state index in [9.17, 15) is 0 Å². The van der Waals surface area contributed by atoms with Gasteiger partial charge in [0.15, 0.2) is 0 Å². The molecule has 0 saturated carbocycles. The molecule has 1 aromatic carbocycles. The summed E-state index contributed by atoms with van der Waals surface area (Å²) >= 11 is 0. The highest BCUT2D eigenvalue weighted by atomic mass is 14.9. The fourth-order valence-corrected chi connectivity index (χ4v) is 1.97. The summed E-state index contributed by atoms with van der Waals surface area (Å²) in [7, 11) is 0. The van der Waals surface area contributed by atoms with Crippen molar-refractivity contribution in [2.75, 3.05) is 5.32 Å². The lowest BCUT2D eigenvalue weighted by Crippen LogP contribution is -2.08. The maximum absolute atomic E-state index is 4.46. The SMILES string of the molecule is Cc1cnc2c(c1)Nc1ccccc1C2. The Labute approximate surface area is 89.0 Å². The Hall–Kier alpha value is -1.83. The Morgan fingerprint density at radius 3 is 3.00 bits per heavy atom. The maximum atomic E-state index is 4.46. The van der Waals surface area contributed by atoms with Gasteiger partial charge in [-0.15, -0.1) is 0 Å². The number of hydrogen-bond acceptors (Lipinski definition) is 2. The molecule has 15 heavy (non-hydrogen) atoms. The molecule has 0 unspecified atom stereocenters. The molecule has 1 aliphatic heterocycles. The lowest BCUT2D eigenvalue weighted by atomic mass is 10.0. The number of fused-ring (bicyclic) bond motifs is 2. The molecule has 0 spiro atoms. The normalized spacial score (nSPS) is 12.6. The van der Waals surface area contributed by atoms with Gasteiger partial charge in [0.05, 0.1) is 11.4 Å². The summed E-state index contributed by atoms with van der Waals surface area (Å²) in [6.45, 7) is 2.06. The van der Waals surface area contributed by atoms with E-state index < -0.39 is 0 Å². The van der Waals surface area contributed by atoms with Crippen LogP contribution < -0.4 is 5.32 Å². The minimum Gasteiger partial charge on any atom is -0.354 e. The summed E-state index contributed by atoms with van der Waals surface area (Å²) in [6, 6.07) is 10.5. The zero-order valence-electron chi connectivity index (χ0n) is 8.62. The van der Waals surface area contributed by atoms with Gasteiger partial charge < -0.3 is 5.32 Å². The van der Waals surface area contributed by atoms with Crippen molar-refractivity contribution in [3.8, 4) is 0 Å². The molecule has 1 N–H and O–H groups in total. The third-order valence-electron chi connectivity index (χ3n) is 2.75. The van der Waals surface area contributed by atoms with Crippen molar-refractivity contribution >= 4 is 11.4 Å². The molecule has 2 heteroatoms. The molecule has 0 bridgehead atoms. The number of nitrogens with one attached hydrogen (secondary N) is 1. The van der Waals surface area contributed by atoms with Crippen LogP contribution in [0.15, 0.2) is 36.5 Å². The first-order valence-electron chi connectivity index (χ1n) is 5.13. The molecule has 74 valence electrons. The highest BCUT2D eigenvalue weighted by Crippen LogP contribution is 2.31. The average Bonchev–Trinajstić information content (AvgIpc) is 2.26. The van der Waals surface area contributed by atoms with E-state index in [-0.39, 0.29) is 0 Å². The fourth-order valence-electron chi connectivity index (χ4n) is 1.97. The molecule has 0 aliphatic carbocycles. The Balaban J connectivity index is 2.11. The molecule has 0 saturated heterocycles. The molecule has 3 rings (SSSR count). The molecule has 1 aliphatic rings. The number of rotatable bonds is 0. The predicted octanol–water partition coefficient (Wildman–Crippen LogP) is 3.04. The third kappa shape index (κ3) is 1.38. The number of aryl methyl sites for hydroxylation is 1. The van der Waals surface area contributed by atoms with Gasteiger partial charge in [0, 0.05) is 18.3 Å². The zero-order valence-corrected chi connectivity index (χ0v) is 8.62. The first-order chi connectivity index (χ1) is 7.33. The van der Waals surface area contributed by atoms with E-state index in [2.05, 4.69) is 47.6 Å². The van der Waals surface area contributed by atoms with Gasteiger partial charge in [0.1, 0.15) is 0 Å². The number of benzene rings is 1. The Bertz CT molecular complexity index is 518. The van der Waals surface area contributed by atoms with E-state index in [0.29, 0.717) is 0 Å². The average molecular weight is 196 g/mol. The zero-order chi connectivity index (χ0) is 10.3. The quantitative estimate of drug-likeness (QED) is 0.597. The summed E-state index contributed by atoms with van der Waals surface area (Å²) in [5, 5.41) is 3.42. The maximum Gasteiger partial charge on any atom is 0.0682 e. The van der Waals surface area contributed by atoms with Gasteiger partial charge in [-0.25, -0.2) is 0 Å². The van der Waals surface area contributed by atoms with Gasteiger partial charge in [0.2, 0.25) is 0 Å². The number of anilines is 2. The van der Waals surface area contributed by atoms with E-state index >= 15 is 0 Å². The van der Waals surface area contributed by atoms with Crippen LogP contribution in [0.5, 0.6) is 0 Å². The Kier molecular flexibility index (Phi) is 1.75. The van der Waals surface area contributed by atoms with Gasteiger partial charge in [-0.3, -0.25) is 4.98 Å². The molecule has 2 nitrogen and oxygen atoms in total. The van der Waals surface area contributed by atoms with E-state index in [4.69, 9.17) is 0 Å². The summed E-state index contributed by atoms with van der Waals surface area (Å²) in [5.41, 5.74) is 6.01. The topological polar surface area (TPSA) is 24.9 Å². The number of nitrogens with zero attached hydrogens (tertiary/aromatic N) is 1. The lowest BCUT2D eigenvalue weighted by Gasteiger charge is -2.20. The van der Waals surface area contributed by atoms with Crippen molar-refractivity contribution in [1.82, 2.24) is 4.98 Å². The second kappa shape index (κ2) is 3.09. The van der Waals surface area contributed by atoms with Gasteiger partial charge in [-0.1, -0.05) is 18.2 Å². The van der Waals surface area contributed by atoms with Crippen LogP contribution in [0.1, 0.15) is 16.8 Å². The summed E-state index contributed by atoms with van der Waals surface area (Å²) in [6.07, 6.45) is 2.85. The predicted molar refractivity (Wildman–Crippen MR) is 61.5 cm³/mol. The van der Waals surface area contributed by atoms with Gasteiger partial charge in [-0.05, 0) is 30.2 Å². The van der Waals surface area contributed by atoms with Gasteiger partial charge >= 0.3 is 0 Å². The molecule has 0 atom stereocenters. The van der Waals surface area contributed by atoms with Crippen LogP contribution in [-0.2, 0) is 6.42 Å². The summed E-state index contributed by atoms with van der Waals surface area (Å²) in [4.78, 5) is 4.46. The second-order valence-electron chi connectivity index (χ2n) is 3.97. The van der Waals surface area contributed by atoms with Crippen LogP contribution in [0.25, 0.3) is 0 Å². The standard InChI is InChI=1S/C13H12N2/c1-9-6-13-12(14-8-9)7-10-4-2-3-5-11(10)15-13/h2-6,8,15H,7H2,1H3. The number of hydrogen-bond donors (Lipinski definition) is 1. The monoisotopic (exact) mass is 196 g/mol. The molecule has 2 heterocycles. The van der Waals surface area contributed by atoms with Gasteiger partial charge in [-0.2, -0.15) is 0 Å². The molecule has 2 aromatic rings. The van der Waals surface area contributed by atoms with Crippen LogP contribution in [-0.4, -0.2) is 4.98 Å². The number of pyridine rings is 1. The number of aromatic nitrogens is 1. The Morgan fingerprint density at radius 2 is 2.07 bits per heavy atom. The van der Waals surface area contributed by atoms with Crippen molar-refractivity contribution in [3.05, 3.63) is 53.3 Å². The smallest absolute Gasteiger partial charge is 0.0682 e. The first kappa shape index (κ1) is 8.48. The summed E-state index contributed by atoms with van der Waals surface area (Å²) < 4.78 is 0. The van der Waals surface area contributed by atoms with Crippen LogP contribution in [0, 0.1) is 6.92 Å². The van der Waals surface area contributed by atoms with Crippen LogP contribution in [0.3, 0.4) is 0 Å². The third-order valence-corrected chi connectivity index (χ3v) is 2.75. The Morgan fingerprint density at radius 1 is 1.20 bits per heavy atom. The van der Waals surface area contributed by atoms with Crippen molar-refractivity contribution in [2.24, 2.45) is 0 Å².